The van der Waals surface area contributed by atoms with Crippen LogP contribution in [0, 0.1) is 11.8 Å². The van der Waals surface area contributed by atoms with Gasteiger partial charge in [0.05, 0.1) is 0 Å². The average Bonchev–Trinajstić information content (AvgIpc) is 3.00. The zero-order valence-electron chi connectivity index (χ0n) is 15.7. The average molecular weight is 394 g/mol. The molecule has 1 aliphatic carbocycles. The van der Waals surface area contributed by atoms with Gasteiger partial charge in [0, 0.05) is 27.2 Å². The van der Waals surface area contributed by atoms with E-state index in [0.29, 0.717) is 5.92 Å². The normalized spacial score (nSPS) is 22.9. The Labute approximate surface area is 161 Å². The Bertz CT molecular complexity index is 1020. The zero-order valence-corrected chi connectivity index (χ0v) is 16.4. The molecule has 146 valence electrons. The Balaban J connectivity index is 1.64. The number of hydrogen-bond acceptors (Lipinski definition) is 4. The molecule has 1 aliphatic heterocycles. The molecule has 0 aromatic carbocycles. The Morgan fingerprint density at radius 2 is 1.81 bits per heavy atom. The zero-order chi connectivity index (χ0) is 19.3. The minimum Gasteiger partial charge on any atom is -0.341 e. The molecule has 0 unspecified atom stereocenters. The third kappa shape index (κ3) is 2.99. The van der Waals surface area contributed by atoms with E-state index < -0.39 is 11.2 Å². The maximum Gasteiger partial charge on any atom is 0.332 e. The van der Waals surface area contributed by atoms with Gasteiger partial charge in [0.15, 0.2) is 11.2 Å². The molecule has 2 fully saturated rings. The molecule has 8 nitrogen and oxygen atoms in total. The minimum absolute atomic E-state index is 0.0415. The van der Waals surface area contributed by atoms with Crippen LogP contribution >= 0.6 is 11.6 Å². The van der Waals surface area contributed by atoms with Crippen molar-refractivity contribution in [3.05, 3.63) is 26.1 Å². The first-order chi connectivity index (χ1) is 12.9. The van der Waals surface area contributed by atoms with Gasteiger partial charge >= 0.3 is 5.69 Å². The van der Waals surface area contributed by atoms with Crippen LogP contribution in [-0.4, -0.2) is 42.6 Å². The fourth-order valence-electron chi connectivity index (χ4n) is 4.63. The van der Waals surface area contributed by atoms with Crippen LogP contribution in [0.4, 0.5) is 0 Å². The van der Waals surface area contributed by atoms with Gasteiger partial charge in [-0.3, -0.25) is 23.3 Å². The summed E-state index contributed by atoms with van der Waals surface area (Å²) in [6, 6.07) is 0. The first kappa shape index (κ1) is 18.3. The molecule has 1 saturated heterocycles. The van der Waals surface area contributed by atoms with E-state index in [1.54, 1.807) is 0 Å². The van der Waals surface area contributed by atoms with Crippen molar-refractivity contribution in [2.75, 3.05) is 13.1 Å². The SMILES string of the molecule is Cn1c(=O)c2c(nc(Cl)n2CC(=O)N2CC[C@H]3CCCC[C@@H]3C2)n(C)c1=O. The highest BCUT2D eigenvalue weighted by Crippen LogP contribution is 2.36. The highest BCUT2D eigenvalue weighted by Gasteiger charge is 2.33. The summed E-state index contributed by atoms with van der Waals surface area (Å²) in [4.78, 5) is 43.6. The standard InChI is InChI=1S/C18H24ClN5O3/c1-21-15-14(16(26)22(2)18(21)27)24(17(19)20-15)10-13(25)23-8-7-11-5-3-4-6-12(11)9-23/h11-12H,3-10H2,1-2H3/t11-,12-/m1/s1. The van der Waals surface area contributed by atoms with E-state index in [9.17, 15) is 14.4 Å². The molecule has 2 aliphatic rings. The number of aromatic nitrogens is 4. The molecule has 3 heterocycles. The van der Waals surface area contributed by atoms with Crippen LogP contribution in [0.15, 0.2) is 9.59 Å². The van der Waals surface area contributed by atoms with Gasteiger partial charge in [-0.05, 0) is 36.3 Å². The summed E-state index contributed by atoms with van der Waals surface area (Å²) >= 11 is 6.23. The number of piperidine rings is 1. The van der Waals surface area contributed by atoms with Gasteiger partial charge in [0.25, 0.3) is 5.56 Å². The predicted molar refractivity (Wildman–Crippen MR) is 102 cm³/mol. The summed E-state index contributed by atoms with van der Waals surface area (Å²) in [6.07, 6.45) is 6.05. The van der Waals surface area contributed by atoms with Crippen molar-refractivity contribution in [3.63, 3.8) is 0 Å². The van der Waals surface area contributed by atoms with Gasteiger partial charge in [0.2, 0.25) is 11.2 Å². The maximum absolute atomic E-state index is 12.9. The lowest BCUT2D eigenvalue weighted by Gasteiger charge is -2.41. The summed E-state index contributed by atoms with van der Waals surface area (Å²) < 4.78 is 3.71. The number of rotatable bonds is 2. The van der Waals surface area contributed by atoms with E-state index in [1.165, 1.54) is 48.9 Å². The van der Waals surface area contributed by atoms with Gasteiger partial charge in [-0.2, -0.15) is 4.98 Å². The third-order valence-corrected chi connectivity index (χ3v) is 6.53. The van der Waals surface area contributed by atoms with Crippen LogP contribution < -0.4 is 11.2 Å². The topological polar surface area (TPSA) is 82.1 Å². The summed E-state index contributed by atoms with van der Waals surface area (Å²) in [6.45, 7) is 1.49. The number of imidazole rings is 1. The molecule has 2 atom stereocenters. The van der Waals surface area contributed by atoms with Gasteiger partial charge in [-0.15, -0.1) is 0 Å². The number of nitrogens with zero attached hydrogens (tertiary/aromatic N) is 5. The minimum atomic E-state index is -0.494. The smallest absolute Gasteiger partial charge is 0.332 e. The second-order valence-corrected chi connectivity index (χ2v) is 8.12. The Kier molecular flexibility index (Phi) is 4.61. The Morgan fingerprint density at radius 1 is 1.11 bits per heavy atom. The molecule has 4 rings (SSSR count). The van der Waals surface area contributed by atoms with Crippen LogP contribution in [0.5, 0.6) is 0 Å². The summed E-state index contributed by atoms with van der Waals surface area (Å²) in [5.74, 6) is 1.26. The fourth-order valence-corrected chi connectivity index (χ4v) is 4.85. The second-order valence-electron chi connectivity index (χ2n) is 7.78. The molecule has 0 spiro atoms. The largest absolute Gasteiger partial charge is 0.341 e. The highest BCUT2D eigenvalue weighted by atomic mass is 35.5. The predicted octanol–water partition coefficient (Wildman–Crippen LogP) is 1.13. The van der Waals surface area contributed by atoms with Gasteiger partial charge in [-0.1, -0.05) is 19.3 Å². The van der Waals surface area contributed by atoms with Crippen LogP contribution in [0.25, 0.3) is 11.2 Å². The monoisotopic (exact) mass is 393 g/mol. The summed E-state index contributed by atoms with van der Waals surface area (Å²) in [7, 11) is 2.94. The number of carbonyl (C=O) groups excluding carboxylic acids is 1. The molecule has 2 aromatic rings. The molecule has 0 radical (unpaired) electrons. The van der Waals surface area contributed by atoms with E-state index in [0.717, 1.165) is 30.0 Å². The molecule has 1 amide bonds. The third-order valence-electron chi connectivity index (χ3n) is 6.24. The number of carbonyl (C=O) groups is 1. The molecule has 0 N–H and O–H groups in total. The van der Waals surface area contributed by atoms with E-state index in [4.69, 9.17) is 11.6 Å². The van der Waals surface area contributed by atoms with Crippen molar-refractivity contribution in [1.29, 1.82) is 0 Å². The number of likely N-dealkylation sites (tertiary alicyclic amines) is 1. The van der Waals surface area contributed by atoms with Gasteiger partial charge in [-0.25, -0.2) is 4.79 Å². The number of aryl methyl sites for hydroxylation is 1. The maximum atomic E-state index is 12.9. The van der Waals surface area contributed by atoms with Crippen LogP contribution in [0.1, 0.15) is 32.1 Å². The van der Waals surface area contributed by atoms with Crippen LogP contribution in [0.3, 0.4) is 0 Å². The number of halogens is 1. The van der Waals surface area contributed by atoms with Crippen LogP contribution in [0.2, 0.25) is 5.28 Å². The summed E-state index contributed by atoms with van der Waals surface area (Å²) in [5.41, 5.74) is -0.580. The molecular formula is C18H24ClN5O3. The van der Waals surface area contributed by atoms with E-state index in [1.807, 2.05) is 4.90 Å². The highest BCUT2D eigenvalue weighted by molar-refractivity contribution is 6.29. The summed E-state index contributed by atoms with van der Waals surface area (Å²) in [5, 5.41) is 0.0456. The first-order valence-electron chi connectivity index (χ1n) is 9.48. The lowest BCUT2D eigenvalue weighted by molar-refractivity contribution is -0.134. The van der Waals surface area contributed by atoms with Gasteiger partial charge in [0.1, 0.15) is 6.54 Å². The van der Waals surface area contributed by atoms with Gasteiger partial charge < -0.3 is 4.90 Å². The molecule has 27 heavy (non-hydrogen) atoms. The van der Waals surface area contributed by atoms with Crippen LogP contribution in [-0.2, 0) is 25.4 Å². The lowest BCUT2D eigenvalue weighted by Crippen LogP contribution is -2.46. The van der Waals surface area contributed by atoms with E-state index in [-0.39, 0.29) is 28.9 Å². The quantitative estimate of drug-likeness (QED) is 0.716. The van der Waals surface area contributed by atoms with Crippen molar-refractivity contribution >= 4 is 28.7 Å². The van der Waals surface area contributed by atoms with Crippen molar-refractivity contribution in [1.82, 2.24) is 23.6 Å². The van der Waals surface area contributed by atoms with Crippen molar-refractivity contribution < 1.29 is 4.79 Å². The fraction of sp³-hybridized carbons (Fsp3) is 0.667. The molecule has 1 saturated carbocycles. The first-order valence-corrected chi connectivity index (χ1v) is 9.85. The number of amides is 1. The van der Waals surface area contributed by atoms with Crippen molar-refractivity contribution in [2.24, 2.45) is 25.9 Å². The Morgan fingerprint density at radius 3 is 2.56 bits per heavy atom. The van der Waals surface area contributed by atoms with Crippen molar-refractivity contribution in [2.45, 2.75) is 38.6 Å². The van der Waals surface area contributed by atoms with Crippen molar-refractivity contribution in [3.8, 4) is 0 Å². The molecule has 9 heteroatoms. The van der Waals surface area contributed by atoms with E-state index in [2.05, 4.69) is 4.98 Å². The molecular weight excluding hydrogens is 370 g/mol. The Hall–Kier alpha value is -2.09. The lowest BCUT2D eigenvalue weighted by atomic mass is 9.75. The second kappa shape index (κ2) is 6.82. The molecule has 0 bridgehead atoms. The molecule has 2 aromatic heterocycles. The number of hydrogen-bond donors (Lipinski definition) is 0. The number of fused-ring (bicyclic) bond motifs is 2. The van der Waals surface area contributed by atoms with E-state index >= 15 is 0 Å².